The smallest absolute Gasteiger partial charge is 0.194 e. The highest BCUT2D eigenvalue weighted by atomic mass is 16.5. The van der Waals surface area contributed by atoms with E-state index >= 15 is 0 Å². The monoisotopic (exact) mass is 433 g/mol. The van der Waals surface area contributed by atoms with Gasteiger partial charge in [0.15, 0.2) is 11.8 Å². The molecule has 0 atom stereocenters. The highest BCUT2D eigenvalue weighted by Crippen LogP contribution is 2.20. The summed E-state index contributed by atoms with van der Waals surface area (Å²) in [5.41, 5.74) is 4.40. The first-order chi connectivity index (χ1) is 15.6. The Labute approximate surface area is 189 Å². The number of guanidine groups is 1. The fraction of sp³-hybridized carbons (Fsp3) is 0.375. The zero-order valence-electron chi connectivity index (χ0n) is 19.2. The molecule has 4 rings (SSSR count). The van der Waals surface area contributed by atoms with Crippen LogP contribution in [-0.2, 0) is 6.54 Å². The molecule has 0 saturated carbocycles. The summed E-state index contributed by atoms with van der Waals surface area (Å²) in [6.45, 7) is 8.44. The van der Waals surface area contributed by atoms with Crippen molar-refractivity contribution >= 4 is 11.6 Å². The second-order valence-electron chi connectivity index (χ2n) is 7.94. The lowest BCUT2D eigenvalue weighted by molar-refractivity contribution is 0.372. The molecule has 1 fully saturated rings. The average molecular weight is 434 g/mol. The second-order valence-corrected chi connectivity index (χ2v) is 7.94. The molecule has 0 aliphatic carbocycles. The molecule has 1 aliphatic rings. The zero-order valence-corrected chi connectivity index (χ0v) is 19.2. The quantitative estimate of drug-likeness (QED) is 0.493. The van der Waals surface area contributed by atoms with Gasteiger partial charge >= 0.3 is 0 Å². The molecule has 32 heavy (non-hydrogen) atoms. The van der Waals surface area contributed by atoms with Crippen LogP contribution in [0.2, 0.25) is 0 Å². The van der Waals surface area contributed by atoms with Gasteiger partial charge in [-0.05, 0) is 55.8 Å². The van der Waals surface area contributed by atoms with Crippen LogP contribution in [0.15, 0.2) is 53.7 Å². The van der Waals surface area contributed by atoms with Crippen molar-refractivity contribution in [2.24, 2.45) is 4.99 Å². The third kappa shape index (κ3) is 4.85. The van der Waals surface area contributed by atoms with E-state index in [4.69, 9.17) is 4.74 Å². The van der Waals surface area contributed by atoms with Crippen LogP contribution in [0.25, 0.3) is 5.82 Å². The summed E-state index contributed by atoms with van der Waals surface area (Å²) in [5.74, 6) is 2.63. The van der Waals surface area contributed by atoms with Crippen LogP contribution >= 0.6 is 0 Å². The number of piperazine rings is 1. The number of pyridine rings is 1. The summed E-state index contributed by atoms with van der Waals surface area (Å²) in [5, 5.41) is 7.98. The van der Waals surface area contributed by atoms with Gasteiger partial charge in [-0.25, -0.2) is 9.67 Å². The van der Waals surface area contributed by atoms with Crippen LogP contribution < -0.4 is 15.0 Å². The summed E-state index contributed by atoms with van der Waals surface area (Å²) in [6.07, 6.45) is 1.90. The van der Waals surface area contributed by atoms with E-state index in [1.165, 1.54) is 5.69 Å². The van der Waals surface area contributed by atoms with Crippen LogP contribution in [0.1, 0.15) is 17.0 Å². The Hall–Kier alpha value is -3.55. The number of benzene rings is 1. The number of aromatic nitrogens is 3. The molecular weight excluding hydrogens is 402 g/mol. The van der Waals surface area contributed by atoms with Crippen LogP contribution in [0.4, 0.5) is 5.69 Å². The van der Waals surface area contributed by atoms with E-state index in [1.54, 1.807) is 7.11 Å². The summed E-state index contributed by atoms with van der Waals surface area (Å²) in [6, 6.07) is 14.4. The lowest BCUT2D eigenvalue weighted by Gasteiger charge is -2.37. The fourth-order valence-electron chi connectivity index (χ4n) is 3.99. The number of hydrogen-bond donors (Lipinski definition) is 1. The number of methoxy groups -OCH3 is 1. The van der Waals surface area contributed by atoms with E-state index in [0.29, 0.717) is 6.54 Å². The van der Waals surface area contributed by atoms with E-state index < -0.39 is 0 Å². The Kier molecular flexibility index (Phi) is 6.58. The Balaban J connectivity index is 1.31. The minimum absolute atomic E-state index is 0.676. The van der Waals surface area contributed by atoms with Crippen LogP contribution in [0.3, 0.4) is 0 Å². The van der Waals surface area contributed by atoms with Gasteiger partial charge in [0.1, 0.15) is 5.75 Å². The molecule has 8 heteroatoms. The first kappa shape index (κ1) is 21.7. The number of nitrogens with zero attached hydrogens (tertiary/aromatic N) is 6. The summed E-state index contributed by atoms with van der Waals surface area (Å²) < 4.78 is 7.13. The highest BCUT2D eigenvalue weighted by molar-refractivity contribution is 5.80. The predicted molar refractivity (Wildman–Crippen MR) is 128 cm³/mol. The molecule has 1 aromatic carbocycles. The van der Waals surface area contributed by atoms with Gasteiger partial charge in [-0.2, -0.15) is 5.10 Å². The molecule has 0 bridgehead atoms. The lowest BCUT2D eigenvalue weighted by Crippen LogP contribution is -2.52. The Bertz CT molecular complexity index is 1050. The van der Waals surface area contributed by atoms with Crippen LogP contribution in [-0.4, -0.2) is 66.0 Å². The van der Waals surface area contributed by atoms with E-state index in [9.17, 15) is 0 Å². The molecule has 0 amide bonds. The third-order valence-corrected chi connectivity index (χ3v) is 5.71. The topological polar surface area (TPSA) is 70.8 Å². The maximum absolute atomic E-state index is 5.26. The number of aryl methyl sites for hydroxylation is 2. The van der Waals surface area contributed by atoms with Crippen molar-refractivity contribution in [2.75, 3.05) is 45.2 Å². The van der Waals surface area contributed by atoms with E-state index in [-0.39, 0.29) is 0 Å². The molecular formula is C24H31N7O. The van der Waals surface area contributed by atoms with Crippen molar-refractivity contribution in [3.05, 3.63) is 65.6 Å². The zero-order chi connectivity index (χ0) is 22.5. The molecule has 0 unspecified atom stereocenters. The summed E-state index contributed by atoms with van der Waals surface area (Å²) in [7, 11) is 3.53. The van der Waals surface area contributed by atoms with Gasteiger partial charge in [0, 0.05) is 57.3 Å². The standard InChI is InChI=1S/C24H31N7O/c1-18-15-19(2)31(28-18)23-10-5-20(16-26-23)17-27-24(25-3)30-13-11-29(12-14-30)21-6-8-22(32-4)9-7-21/h5-10,15-16H,11-14,17H2,1-4H3,(H,25,27). The van der Waals surface area contributed by atoms with Crippen molar-refractivity contribution in [1.29, 1.82) is 0 Å². The molecule has 0 spiro atoms. The minimum Gasteiger partial charge on any atom is -0.497 e. The first-order valence-corrected chi connectivity index (χ1v) is 10.9. The van der Waals surface area contributed by atoms with Crippen molar-refractivity contribution in [2.45, 2.75) is 20.4 Å². The average Bonchev–Trinajstić information content (AvgIpc) is 3.18. The fourth-order valence-corrected chi connectivity index (χ4v) is 3.99. The SMILES string of the molecule is CN=C(NCc1ccc(-n2nc(C)cc2C)nc1)N1CCN(c2ccc(OC)cc2)CC1. The van der Waals surface area contributed by atoms with Crippen molar-refractivity contribution in [3.8, 4) is 11.6 Å². The number of anilines is 1. The maximum Gasteiger partial charge on any atom is 0.194 e. The number of aliphatic imine (C=N–C) groups is 1. The largest absolute Gasteiger partial charge is 0.497 e. The van der Waals surface area contributed by atoms with Crippen molar-refractivity contribution in [3.63, 3.8) is 0 Å². The predicted octanol–water partition coefficient (Wildman–Crippen LogP) is 2.79. The van der Waals surface area contributed by atoms with E-state index in [1.807, 2.05) is 50.0 Å². The molecule has 1 aliphatic heterocycles. The molecule has 3 aromatic rings. The Morgan fingerprint density at radius 2 is 1.81 bits per heavy atom. The lowest BCUT2D eigenvalue weighted by atomic mass is 10.2. The number of ether oxygens (including phenoxy) is 1. The highest BCUT2D eigenvalue weighted by Gasteiger charge is 2.20. The molecule has 1 N–H and O–H groups in total. The maximum atomic E-state index is 5.26. The first-order valence-electron chi connectivity index (χ1n) is 10.9. The van der Waals surface area contributed by atoms with Gasteiger partial charge in [-0.1, -0.05) is 6.07 Å². The van der Waals surface area contributed by atoms with Gasteiger partial charge in [-0.15, -0.1) is 0 Å². The number of hydrogen-bond acceptors (Lipinski definition) is 5. The molecule has 2 aromatic heterocycles. The Morgan fingerprint density at radius 1 is 1.06 bits per heavy atom. The van der Waals surface area contributed by atoms with Gasteiger partial charge in [0.05, 0.1) is 12.8 Å². The van der Waals surface area contributed by atoms with Crippen LogP contribution in [0.5, 0.6) is 5.75 Å². The van der Waals surface area contributed by atoms with Crippen molar-refractivity contribution < 1.29 is 4.74 Å². The summed E-state index contributed by atoms with van der Waals surface area (Å²) >= 11 is 0. The molecule has 1 saturated heterocycles. The van der Waals surface area contributed by atoms with Gasteiger partial charge in [-0.3, -0.25) is 4.99 Å². The van der Waals surface area contributed by atoms with Crippen molar-refractivity contribution in [1.82, 2.24) is 25.0 Å². The second kappa shape index (κ2) is 9.72. The van der Waals surface area contributed by atoms with E-state index in [2.05, 4.69) is 54.5 Å². The molecule has 8 nitrogen and oxygen atoms in total. The van der Waals surface area contributed by atoms with Gasteiger partial charge < -0.3 is 19.9 Å². The normalized spacial score (nSPS) is 14.6. The van der Waals surface area contributed by atoms with E-state index in [0.717, 1.165) is 60.7 Å². The third-order valence-electron chi connectivity index (χ3n) is 5.71. The number of nitrogens with one attached hydrogen (secondary N) is 1. The molecule has 3 heterocycles. The Morgan fingerprint density at radius 3 is 2.38 bits per heavy atom. The number of rotatable bonds is 5. The molecule has 168 valence electrons. The van der Waals surface area contributed by atoms with Gasteiger partial charge in [0.25, 0.3) is 0 Å². The van der Waals surface area contributed by atoms with Gasteiger partial charge in [0.2, 0.25) is 0 Å². The minimum atomic E-state index is 0.676. The van der Waals surface area contributed by atoms with Crippen LogP contribution in [0, 0.1) is 13.8 Å². The molecule has 0 radical (unpaired) electrons. The summed E-state index contributed by atoms with van der Waals surface area (Å²) in [4.78, 5) is 13.8.